The van der Waals surface area contributed by atoms with Crippen LogP contribution in [-0.4, -0.2) is 22.0 Å². The highest BCUT2D eigenvalue weighted by atomic mass is 79.9. The Morgan fingerprint density at radius 3 is 1.73 bits per heavy atom. The van der Waals surface area contributed by atoms with E-state index in [9.17, 15) is 14.7 Å². The molecule has 0 unspecified atom stereocenters. The first-order valence-corrected chi connectivity index (χ1v) is 11.9. The van der Waals surface area contributed by atoms with E-state index in [2.05, 4.69) is 31.9 Å². The molecule has 3 aromatic rings. The van der Waals surface area contributed by atoms with E-state index in [1.807, 2.05) is 38.1 Å². The van der Waals surface area contributed by atoms with Gasteiger partial charge in [-0.15, -0.1) is 0 Å². The molecule has 3 aromatic carbocycles. The summed E-state index contributed by atoms with van der Waals surface area (Å²) in [5, 5.41) is 10.6. The molecule has 0 spiro atoms. The number of hydrogen-bond donors (Lipinski definition) is 1. The van der Waals surface area contributed by atoms with Crippen molar-refractivity contribution >= 4 is 78.5 Å². The summed E-state index contributed by atoms with van der Waals surface area (Å²) in [5.41, 5.74) is 3.34. The summed E-state index contributed by atoms with van der Waals surface area (Å²) in [6, 6.07) is 17.9. The Bertz CT molecular complexity index is 1250. The number of benzene rings is 3. The molecular formula is C25H18Br2N2O3S. The maximum Gasteiger partial charge on any atom is 0.270 e. The number of thiocarbonyl (C=S) groups is 1. The molecule has 0 radical (unpaired) electrons. The number of halogens is 2. The summed E-state index contributed by atoms with van der Waals surface area (Å²) in [4.78, 5) is 29.8. The molecule has 1 saturated heterocycles. The Balaban J connectivity index is 1.91. The Kier molecular flexibility index (Phi) is 6.52. The molecule has 1 aliphatic rings. The number of carbonyl (C=O) groups is 2. The number of carbonyl (C=O) groups excluding carboxylic acids is 2. The maximum absolute atomic E-state index is 13.6. The average molecular weight is 586 g/mol. The van der Waals surface area contributed by atoms with Gasteiger partial charge in [-0.1, -0.05) is 51.3 Å². The number of phenolic OH excluding ortho intramolecular Hbond substituents is 1. The number of aromatic hydroxyl groups is 1. The highest BCUT2D eigenvalue weighted by Gasteiger charge is 2.41. The highest BCUT2D eigenvalue weighted by molar-refractivity contribution is 9.11. The Labute approximate surface area is 213 Å². The monoisotopic (exact) mass is 584 g/mol. The second-order valence-electron chi connectivity index (χ2n) is 7.62. The van der Waals surface area contributed by atoms with Gasteiger partial charge in [0.15, 0.2) is 5.11 Å². The van der Waals surface area contributed by atoms with E-state index >= 15 is 0 Å². The van der Waals surface area contributed by atoms with E-state index in [0.717, 1.165) is 11.1 Å². The van der Waals surface area contributed by atoms with E-state index in [-0.39, 0.29) is 16.4 Å². The van der Waals surface area contributed by atoms with Gasteiger partial charge in [-0.05, 0) is 84.5 Å². The third-order valence-electron chi connectivity index (χ3n) is 5.19. The van der Waals surface area contributed by atoms with Gasteiger partial charge in [0.2, 0.25) is 0 Å². The van der Waals surface area contributed by atoms with Crippen LogP contribution in [0.2, 0.25) is 0 Å². The van der Waals surface area contributed by atoms with E-state index in [1.54, 1.807) is 36.4 Å². The summed E-state index contributed by atoms with van der Waals surface area (Å²) < 4.78 is 1.11. The van der Waals surface area contributed by atoms with Gasteiger partial charge in [-0.2, -0.15) is 0 Å². The number of aryl methyl sites for hydroxylation is 2. The van der Waals surface area contributed by atoms with E-state index in [0.29, 0.717) is 25.9 Å². The lowest BCUT2D eigenvalue weighted by molar-refractivity contribution is -0.120. The fraction of sp³-hybridized carbons (Fsp3) is 0.0800. The SMILES string of the molecule is Cc1ccc(N2C(=O)C(=Cc3cc(Br)cc(Br)c3O)C(=O)N(c3ccc(C)cc3)C2=S)cc1. The lowest BCUT2D eigenvalue weighted by atomic mass is 10.0. The third-order valence-corrected chi connectivity index (χ3v) is 6.62. The van der Waals surface area contributed by atoms with Crippen molar-refractivity contribution in [2.75, 3.05) is 9.80 Å². The maximum atomic E-state index is 13.6. The molecule has 0 atom stereocenters. The molecule has 0 saturated carbocycles. The molecule has 0 aromatic heterocycles. The zero-order valence-corrected chi connectivity index (χ0v) is 21.7. The molecule has 1 N–H and O–H groups in total. The Morgan fingerprint density at radius 1 is 0.818 bits per heavy atom. The molecule has 1 fully saturated rings. The first-order valence-electron chi connectivity index (χ1n) is 9.93. The summed E-state index contributed by atoms with van der Waals surface area (Å²) >= 11 is 12.3. The van der Waals surface area contributed by atoms with Crippen LogP contribution in [0, 0.1) is 13.8 Å². The fourth-order valence-corrected chi connectivity index (χ4v) is 5.06. The zero-order chi connectivity index (χ0) is 23.9. The molecule has 1 aliphatic heterocycles. The predicted molar refractivity (Wildman–Crippen MR) is 141 cm³/mol. The van der Waals surface area contributed by atoms with Gasteiger partial charge >= 0.3 is 0 Å². The smallest absolute Gasteiger partial charge is 0.270 e. The molecule has 4 rings (SSSR count). The normalized spacial score (nSPS) is 14.2. The van der Waals surface area contributed by atoms with Crippen molar-refractivity contribution in [1.82, 2.24) is 0 Å². The number of hydrogen-bond acceptors (Lipinski definition) is 4. The van der Waals surface area contributed by atoms with Crippen molar-refractivity contribution < 1.29 is 14.7 Å². The minimum absolute atomic E-state index is 0.0644. The van der Waals surface area contributed by atoms with Gasteiger partial charge in [-0.3, -0.25) is 19.4 Å². The number of amides is 2. The third kappa shape index (κ3) is 4.51. The quantitative estimate of drug-likeness (QED) is 0.223. The number of anilines is 2. The molecule has 1 heterocycles. The Morgan fingerprint density at radius 2 is 1.27 bits per heavy atom. The van der Waals surface area contributed by atoms with Crippen LogP contribution in [0.4, 0.5) is 11.4 Å². The lowest BCUT2D eigenvalue weighted by Gasteiger charge is -2.36. The topological polar surface area (TPSA) is 60.9 Å². The van der Waals surface area contributed by atoms with Gasteiger partial charge in [0.1, 0.15) is 11.3 Å². The van der Waals surface area contributed by atoms with Crippen LogP contribution in [-0.2, 0) is 9.59 Å². The molecule has 166 valence electrons. The molecule has 0 bridgehead atoms. The molecule has 0 aliphatic carbocycles. The van der Waals surface area contributed by atoms with Gasteiger partial charge in [-0.25, -0.2) is 0 Å². The summed E-state index contributed by atoms with van der Waals surface area (Å²) in [5.74, 6) is -1.20. The number of nitrogens with zero attached hydrogens (tertiary/aromatic N) is 2. The van der Waals surface area contributed by atoms with Crippen LogP contribution in [0.3, 0.4) is 0 Å². The Hall–Kier alpha value is -2.81. The van der Waals surface area contributed by atoms with Crippen LogP contribution in [0.5, 0.6) is 5.75 Å². The lowest BCUT2D eigenvalue weighted by Crippen LogP contribution is -2.56. The van der Waals surface area contributed by atoms with Gasteiger partial charge < -0.3 is 5.11 Å². The standard InChI is InChI=1S/C25H18Br2N2O3S/c1-14-3-7-18(8-4-14)28-23(31)20(12-16-11-17(26)13-21(27)22(16)30)24(32)29(25(28)33)19-9-5-15(2)6-10-19/h3-13,30H,1-2H3. The van der Waals surface area contributed by atoms with Gasteiger partial charge in [0.05, 0.1) is 15.8 Å². The fourth-order valence-electron chi connectivity index (χ4n) is 3.42. The number of rotatable bonds is 3. The van der Waals surface area contributed by atoms with Crippen LogP contribution >= 0.6 is 44.1 Å². The van der Waals surface area contributed by atoms with Crippen molar-refractivity contribution in [2.45, 2.75) is 13.8 Å². The van der Waals surface area contributed by atoms with Crippen molar-refractivity contribution in [2.24, 2.45) is 0 Å². The minimum atomic E-state index is -0.562. The van der Waals surface area contributed by atoms with Crippen LogP contribution in [0.15, 0.2) is 75.2 Å². The van der Waals surface area contributed by atoms with Gasteiger partial charge in [0.25, 0.3) is 11.8 Å². The van der Waals surface area contributed by atoms with Crippen LogP contribution in [0.1, 0.15) is 16.7 Å². The summed E-state index contributed by atoms with van der Waals surface area (Å²) in [6.07, 6.45) is 1.39. The van der Waals surface area contributed by atoms with E-state index < -0.39 is 11.8 Å². The summed E-state index contributed by atoms with van der Waals surface area (Å²) in [7, 11) is 0. The molecule has 2 amide bonds. The second-order valence-corrected chi connectivity index (χ2v) is 9.75. The number of phenols is 1. The summed E-state index contributed by atoms with van der Waals surface area (Å²) in [6.45, 7) is 3.89. The predicted octanol–water partition coefficient (Wildman–Crippen LogP) is 6.28. The van der Waals surface area contributed by atoms with E-state index in [4.69, 9.17) is 12.2 Å². The minimum Gasteiger partial charge on any atom is -0.506 e. The van der Waals surface area contributed by atoms with E-state index in [1.165, 1.54) is 15.9 Å². The van der Waals surface area contributed by atoms with Crippen molar-refractivity contribution in [3.8, 4) is 5.75 Å². The molecular weight excluding hydrogens is 568 g/mol. The highest BCUT2D eigenvalue weighted by Crippen LogP contribution is 2.35. The van der Waals surface area contributed by atoms with Crippen molar-refractivity contribution in [3.05, 3.63) is 91.9 Å². The average Bonchev–Trinajstić information content (AvgIpc) is 2.77. The zero-order valence-electron chi connectivity index (χ0n) is 17.7. The van der Waals surface area contributed by atoms with Crippen molar-refractivity contribution in [3.63, 3.8) is 0 Å². The van der Waals surface area contributed by atoms with Crippen LogP contribution < -0.4 is 9.80 Å². The molecule has 8 heteroatoms. The van der Waals surface area contributed by atoms with Crippen LogP contribution in [0.25, 0.3) is 6.08 Å². The second kappa shape index (κ2) is 9.21. The molecule has 5 nitrogen and oxygen atoms in total. The van der Waals surface area contributed by atoms with Gasteiger partial charge in [0, 0.05) is 10.0 Å². The first kappa shape index (κ1) is 23.4. The molecule has 33 heavy (non-hydrogen) atoms. The first-order chi connectivity index (χ1) is 15.7. The van der Waals surface area contributed by atoms with Crippen molar-refractivity contribution in [1.29, 1.82) is 0 Å². The largest absolute Gasteiger partial charge is 0.506 e.